The fraction of sp³-hybridized carbons (Fsp3) is 0.350. The number of hydrogen-bond donors (Lipinski definition) is 0. The van der Waals surface area contributed by atoms with Crippen LogP contribution in [0, 0.1) is 0 Å². The molecule has 2 aromatic rings. The predicted octanol–water partition coefficient (Wildman–Crippen LogP) is -0.519. The molecule has 0 N–H and O–H groups in total. The number of methoxy groups -OCH3 is 3. The summed E-state index contributed by atoms with van der Waals surface area (Å²) in [5, 5.41) is 0. The number of ether oxygens (including phenoxy) is 5. The van der Waals surface area contributed by atoms with Gasteiger partial charge in [-0.25, -0.2) is 4.58 Å². The molecular formula is C20H22INO5. The highest BCUT2D eigenvalue weighted by Crippen LogP contribution is 2.41. The molecule has 6 nitrogen and oxygen atoms in total. The van der Waals surface area contributed by atoms with Crippen molar-refractivity contribution in [2.45, 2.75) is 6.42 Å². The van der Waals surface area contributed by atoms with E-state index >= 15 is 0 Å². The van der Waals surface area contributed by atoms with Crippen LogP contribution in [0.25, 0.3) is 0 Å². The number of rotatable bonds is 4. The van der Waals surface area contributed by atoms with Crippen molar-refractivity contribution in [3.63, 3.8) is 0 Å². The van der Waals surface area contributed by atoms with Crippen molar-refractivity contribution in [3.05, 3.63) is 41.0 Å². The van der Waals surface area contributed by atoms with Gasteiger partial charge < -0.3 is 47.7 Å². The minimum atomic E-state index is 0. The van der Waals surface area contributed by atoms with E-state index in [4.69, 9.17) is 23.7 Å². The van der Waals surface area contributed by atoms with Crippen molar-refractivity contribution in [1.82, 2.24) is 0 Å². The first-order chi connectivity index (χ1) is 12.7. The maximum absolute atomic E-state index is 5.59. The Morgan fingerprint density at radius 3 is 2.11 bits per heavy atom. The number of likely N-dealkylation sites (N-methyl/N-ethyl adjacent to an activating group) is 1. The van der Waals surface area contributed by atoms with Gasteiger partial charge in [-0.3, -0.25) is 0 Å². The molecule has 0 radical (unpaired) electrons. The summed E-state index contributed by atoms with van der Waals surface area (Å²) in [6.45, 7) is 1.19. The summed E-state index contributed by atoms with van der Waals surface area (Å²) in [6, 6.07) is 8.11. The van der Waals surface area contributed by atoms with Crippen LogP contribution in [-0.2, 0) is 6.42 Å². The monoisotopic (exact) mass is 483 g/mol. The molecule has 7 heteroatoms. The van der Waals surface area contributed by atoms with Crippen LogP contribution in [0.5, 0.6) is 28.7 Å². The zero-order chi connectivity index (χ0) is 18.3. The minimum absolute atomic E-state index is 0. The van der Waals surface area contributed by atoms with Crippen LogP contribution >= 0.6 is 0 Å². The topological polar surface area (TPSA) is 49.2 Å². The SMILES string of the molecule is COc1cc(C2=[N+](C)CCc3cc4c(cc32)OCO4)cc(OC)c1OC.[I-]. The lowest BCUT2D eigenvalue weighted by molar-refractivity contribution is -0.497. The number of fused-ring (bicyclic) bond motifs is 2. The normalized spacial score (nSPS) is 14.4. The molecule has 0 saturated heterocycles. The molecule has 0 amide bonds. The van der Waals surface area contributed by atoms with E-state index in [1.165, 1.54) is 5.56 Å². The summed E-state index contributed by atoms with van der Waals surface area (Å²) >= 11 is 0. The van der Waals surface area contributed by atoms with Crippen molar-refractivity contribution >= 4 is 5.71 Å². The van der Waals surface area contributed by atoms with Crippen LogP contribution in [0.4, 0.5) is 0 Å². The van der Waals surface area contributed by atoms with Crippen LogP contribution in [0.3, 0.4) is 0 Å². The Morgan fingerprint density at radius 1 is 0.889 bits per heavy atom. The molecule has 4 rings (SSSR count). The van der Waals surface area contributed by atoms with Gasteiger partial charge in [-0.2, -0.15) is 0 Å². The largest absolute Gasteiger partial charge is 1.00 e. The third-order valence-corrected chi connectivity index (χ3v) is 4.89. The van der Waals surface area contributed by atoms with Gasteiger partial charge in [0.25, 0.3) is 0 Å². The second-order valence-corrected chi connectivity index (χ2v) is 6.30. The third-order valence-electron chi connectivity index (χ3n) is 4.89. The van der Waals surface area contributed by atoms with Gasteiger partial charge in [0.1, 0.15) is 13.6 Å². The van der Waals surface area contributed by atoms with Gasteiger partial charge in [-0.1, -0.05) is 0 Å². The van der Waals surface area contributed by atoms with Crippen molar-refractivity contribution in [3.8, 4) is 28.7 Å². The summed E-state index contributed by atoms with van der Waals surface area (Å²) < 4.78 is 29.9. The minimum Gasteiger partial charge on any atom is -1.00 e. The Kier molecular flexibility index (Phi) is 5.69. The highest BCUT2D eigenvalue weighted by molar-refractivity contribution is 6.12. The lowest BCUT2D eigenvalue weighted by Crippen LogP contribution is -3.00. The number of halogens is 1. The second-order valence-electron chi connectivity index (χ2n) is 6.30. The first-order valence-electron chi connectivity index (χ1n) is 8.47. The molecule has 0 spiro atoms. The second kappa shape index (κ2) is 7.84. The van der Waals surface area contributed by atoms with Crippen molar-refractivity contribution < 1.29 is 52.2 Å². The highest BCUT2D eigenvalue weighted by Gasteiger charge is 2.30. The summed E-state index contributed by atoms with van der Waals surface area (Å²) in [5.74, 6) is 3.46. The molecule has 0 unspecified atom stereocenters. The molecule has 0 aliphatic carbocycles. The summed E-state index contributed by atoms with van der Waals surface area (Å²) in [5.41, 5.74) is 4.49. The smallest absolute Gasteiger partial charge is 0.231 e. The fourth-order valence-corrected chi connectivity index (χ4v) is 3.61. The molecule has 27 heavy (non-hydrogen) atoms. The maximum Gasteiger partial charge on any atom is 0.231 e. The van der Waals surface area contributed by atoms with Gasteiger partial charge >= 0.3 is 0 Å². The van der Waals surface area contributed by atoms with E-state index in [2.05, 4.69) is 23.8 Å². The van der Waals surface area contributed by atoms with Crippen LogP contribution in [-0.4, -0.2) is 52.0 Å². The average Bonchev–Trinajstić information content (AvgIpc) is 3.12. The molecular weight excluding hydrogens is 461 g/mol. The van der Waals surface area contributed by atoms with E-state index in [1.54, 1.807) is 21.3 Å². The lowest BCUT2D eigenvalue weighted by Gasteiger charge is -2.19. The lowest BCUT2D eigenvalue weighted by atomic mass is 9.91. The highest BCUT2D eigenvalue weighted by atomic mass is 127. The average molecular weight is 483 g/mol. The van der Waals surface area contributed by atoms with Crippen LogP contribution in [0.1, 0.15) is 16.7 Å². The maximum atomic E-state index is 5.59. The molecule has 2 aliphatic heterocycles. The zero-order valence-corrected chi connectivity index (χ0v) is 18.0. The quantitative estimate of drug-likeness (QED) is 0.433. The summed E-state index contributed by atoms with van der Waals surface area (Å²) in [4.78, 5) is 0. The molecule has 2 aliphatic rings. The number of nitrogens with zero attached hydrogens (tertiary/aromatic N) is 1. The van der Waals surface area contributed by atoms with E-state index in [1.807, 2.05) is 12.1 Å². The van der Waals surface area contributed by atoms with E-state index in [0.717, 1.165) is 41.3 Å². The van der Waals surface area contributed by atoms with Gasteiger partial charge in [0, 0.05) is 6.42 Å². The van der Waals surface area contributed by atoms with E-state index in [0.29, 0.717) is 17.2 Å². The molecule has 0 saturated carbocycles. The first-order valence-corrected chi connectivity index (χ1v) is 8.47. The first kappa shape index (κ1) is 19.6. The van der Waals surface area contributed by atoms with Crippen LogP contribution in [0.15, 0.2) is 24.3 Å². The Bertz CT molecular complexity index is 884. The van der Waals surface area contributed by atoms with Crippen LogP contribution < -0.4 is 47.7 Å². The summed E-state index contributed by atoms with van der Waals surface area (Å²) in [7, 11) is 6.95. The fourth-order valence-electron chi connectivity index (χ4n) is 3.61. The molecule has 2 heterocycles. The molecule has 0 bridgehead atoms. The zero-order valence-electron chi connectivity index (χ0n) is 15.8. The van der Waals surface area contributed by atoms with Crippen molar-refractivity contribution in [2.24, 2.45) is 0 Å². The Labute approximate surface area is 175 Å². The van der Waals surface area contributed by atoms with Crippen molar-refractivity contribution in [1.29, 1.82) is 0 Å². The van der Waals surface area contributed by atoms with Gasteiger partial charge in [0.05, 0.1) is 32.5 Å². The third kappa shape index (κ3) is 3.28. The number of hydrogen-bond acceptors (Lipinski definition) is 5. The van der Waals surface area contributed by atoms with E-state index in [9.17, 15) is 0 Å². The van der Waals surface area contributed by atoms with E-state index in [-0.39, 0.29) is 30.8 Å². The molecule has 0 fully saturated rings. The van der Waals surface area contributed by atoms with Gasteiger partial charge in [0.2, 0.25) is 18.3 Å². The van der Waals surface area contributed by atoms with Gasteiger partial charge in [0.15, 0.2) is 23.0 Å². The molecule has 144 valence electrons. The standard InChI is InChI=1S/C20H22NO5.HI/c1-21-6-5-12-7-15-16(26-11-25-15)10-14(12)19(21)13-8-17(22-2)20(24-4)18(9-13)23-3;/h7-10H,5-6,11H2,1-4H3;1H/q+1;/p-1. The Morgan fingerprint density at radius 2 is 1.52 bits per heavy atom. The predicted molar refractivity (Wildman–Crippen MR) is 96.6 cm³/mol. The van der Waals surface area contributed by atoms with Crippen LogP contribution in [0.2, 0.25) is 0 Å². The van der Waals surface area contributed by atoms with Gasteiger partial charge in [-0.05, 0) is 29.8 Å². The molecule has 0 aromatic heterocycles. The van der Waals surface area contributed by atoms with E-state index < -0.39 is 0 Å². The molecule has 0 atom stereocenters. The molecule has 2 aromatic carbocycles. The van der Waals surface area contributed by atoms with Gasteiger partial charge in [-0.15, -0.1) is 0 Å². The Hall–Kier alpha value is -2.16. The van der Waals surface area contributed by atoms with Crippen molar-refractivity contribution in [2.75, 3.05) is 41.7 Å². The Balaban J connectivity index is 0.00000210. The number of benzene rings is 2. The summed E-state index contributed by atoms with van der Waals surface area (Å²) in [6.07, 6.45) is 0.955.